The highest BCUT2D eigenvalue weighted by atomic mass is 14.7. The van der Waals surface area contributed by atoms with Gasteiger partial charge in [0.15, 0.2) is 10.8 Å². The van der Waals surface area contributed by atoms with E-state index in [1.807, 2.05) is 0 Å². The van der Waals surface area contributed by atoms with Gasteiger partial charge in [-0.25, -0.2) is 0 Å². The Labute approximate surface area is 91.4 Å². The second-order valence-electron chi connectivity index (χ2n) is 3.41. The summed E-state index contributed by atoms with van der Waals surface area (Å²) in [6.07, 6.45) is -0.402. The monoisotopic (exact) mass is 206 g/mol. The van der Waals surface area contributed by atoms with Crippen molar-refractivity contribution >= 4 is 0 Å². The molecule has 1 aliphatic rings. The van der Waals surface area contributed by atoms with Crippen molar-refractivity contribution in [2.45, 2.75) is 6.42 Å². The van der Waals surface area contributed by atoms with Crippen LogP contribution in [0.1, 0.15) is 6.42 Å². The maximum atomic E-state index is 8.96. The van der Waals surface area contributed by atoms with E-state index in [4.69, 9.17) is 31.6 Å². The van der Waals surface area contributed by atoms with Gasteiger partial charge in [-0.3, -0.25) is 0 Å². The summed E-state index contributed by atoms with van der Waals surface area (Å²) in [7, 11) is 0. The van der Waals surface area contributed by atoms with Gasteiger partial charge in [-0.1, -0.05) is 0 Å². The molecule has 0 heterocycles. The fourth-order valence-corrected chi connectivity index (χ4v) is 1.87. The molecule has 0 aromatic heterocycles. The van der Waals surface area contributed by atoms with Crippen molar-refractivity contribution < 1.29 is 0 Å². The minimum Gasteiger partial charge on any atom is -0.196 e. The lowest BCUT2D eigenvalue weighted by Crippen LogP contribution is -2.62. The van der Waals surface area contributed by atoms with Crippen LogP contribution in [-0.4, -0.2) is 0 Å². The molecule has 72 valence electrons. The van der Waals surface area contributed by atoms with Crippen LogP contribution in [0.3, 0.4) is 0 Å². The van der Waals surface area contributed by atoms with E-state index in [9.17, 15) is 0 Å². The van der Waals surface area contributed by atoms with Gasteiger partial charge >= 0.3 is 0 Å². The molecule has 1 aliphatic carbocycles. The van der Waals surface area contributed by atoms with Crippen LogP contribution in [0, 0.1) is 84.2 Å². The first-order chi connectivity index (χ1) is 7.57. The second kappa shape index (κ2) is 2.97. The van der Waals surface area contributed by atoms with Gasteiger partial charge in [-0.05, 0) is 0 Å². The lowest BCUT2D eigenvalue weighted by molar-refractivity contribution is 0.0181. The van der Waals surface area contributed by atoms with Gasteiger partial charge < -0.3 is 0 Å². The first-order valence-corrected chi connectivity index (χ1v) is 4.05. The van der Waals surface area contributed by atoms with E-state index in [1.165, 1.54) is 12.1 Å². The number of rotatable bonds is 0. The fraction of sp³-hybridized carbons (Fsp3) is 0.400. The van der Waals surface area contributed by atoms with Crippen molar-refractivity contribution in [2.24, 2.45) is 16.2 Å². The summed E-state index contributed by atoms with van der Waals surface area (Å²) in [5.74, 6) is 0. The number of nitrogens with zero attached hydrogens (tertiary/aromatic N) is 6. The van der Waals surface area contributed by atoms with E-state index in [-0.39, 0.29) is 0 Å². The zero-order valence-electron chi connectivity index (χ0n) is 7.89. The molecule has 1 saturated carbocycles. The van der Waals surface area contributed by atoms with E-state index in [2.05, 4.69) is 0 Å². The van der Waals surface area contributed by atoms with E-state index < -0.39 is 22.7 Å². The van der Waals surface area contributed by atoms with Gasteiger partial charge in [0.2, 0.25) is 5.41 Å². The Balaban J connectivity index is 3.60. The van der Waals surface area contributed by atoms with Crippen LogP contribution in [0.15, 0.2) is 0 Å². The van der Waals surface area contributed by atoms with Crippen molar-refractivity contribution in [3.8, 4) is 36.4 Å². The summed E-state index contributed by atoms with van der Waals surface area (Å²) < 4.78 is 0. The molecule has 0 aromatic rings. The Kier molecular flexibility index (Phi) is 2.04. The van der Waals surface area contributed by atoms with Crippen LogP contribution in [0.5, 0.6) is 0 Å². The third-order valence-corrected chi connectivity index (χ3v) is 2.91. The largest absolute Gasteiger partial charge is 0.207 e. The van der Waals surface area contributed by atoms with Crippen molar-refractivity contribution in [3.63, 3.8) is 0 Å². The molecule has 0 N–H and O–H groups in total. The average molecular weight is 206 g/mol. The third kappa shape index (κ3) is 0.713. The SMILES string of the molecule is N#CC1(C#N)CC(C#N)(C#N)C1(C#N)C#N. The molecule has 0 amide bonds. The van der Waals surface area contributed by atoms with E-state index >= 15 is 0 Å². The molecule has 0 aromatic carbocycles. The van der Waals surface area contributed by atoms with Crippen LogP contribution in [0.4, 0.5) is 0 Å². The average Bonchev–Trinajstić information content (AvgIpc) is 2.32. The van der Waals surface area contributed by atoms with Gasteiger partial charge in [-0.2, -0.15) is 31.6 Å². The van der Waals surface area contributed by atoms with Gasteiger partial charge in [0.1, 0.15) is 0 Å². The van der Waals surface area contributed by atoms with Gasteiger partial charge in [0.05, 0.1) is 36.4 Å². The summed E-state index contributed by atoms with van der Waals surface area (Å²) in [6.45, 7) is 0. The van der Waals surface area contributed by atoms with Gasteiger partial charge in [0.25, 0.3) is 0 Å². The highest BCUT2D eigenvalue weighted by molar-refractivity contribution is 5.52. The molecule has 6 heteroatoms. The Bertz CT molecular complexity index is 506. The zero-order valence-corrected chi connectivity index (χ0v) is 7.89. The molecule has 0 saturated heterocycles. The Morgan fingerprint density at radius 2 is 0.875 bits per heavy atom. The Hall–Kier alpha value is -3.06. The quantitative estimate of drug-likeness (QED) is 0.564. The van der Waals surface area contributed by atoms with Crippen LogP contribution in [-0.2, 0) is 0 Å². The predicted molar refractivity (Wildman–Crippen MR) is 45.6 cm³/mol. The molecule has 1 rings (SSSR count). The van der Waals surface area contributed by atoms with Gasteiger partial charge in [-0.15, -0.1) is 0 Å². The molecular weight excluding hydrogens is 204 g/mol. The Morgan fingerprint density at radius 3 is 1.06 bits per heavy atom. The second-order valence-corrected chi connectivity index (χ2v) is 3.41. The molecule has 0 aliphatic heterocycles. The molecule has 0 bridgehead atoms. The first-order valence-electron chi connectivity index (χ1n) is 4.05. The van der Waals surface area contributed by atoms with Crippen molar-refractivity contribution in [2.75, 3.05) is 0 Å². The summed E-state index contributed by atoms with van der Waals surface area (Å²) in [5, 5.41) is 53.4. The summed E-state index contributed by atoms with van der Waals surface area (Å²) in [6, 6.07) is 9.29. The van der Waals surface area contributed by atoms with Crippen molar-refractivity contribution in [1.29, 1.82) is 31.6 Å². The minimum atomic E-state index is -2.20. The van der Waals surface area contributed by atoms with Crippen LogP contribution < -0.4 is 0 Å². The predicted octanol–water partition coefficient (Wildman–Crippen LogP) is 0.491. The number of nitriles is 6. The first kappa shape index (κ1) is 11.0. The van der Waals surface area contributed by atoms with Crippen molar-refractivity contribution in [3.05, 3.63) is 0 Å². The molecule has 0 unspecified atom stereocenters. The van der Waals surface area contributed by atoms with E-state index in [0.29, 0.717) is 0 Å². The smallest absolute Gasteiger partial charge is 0.196 e. The van der Waals surface area contributed by atoms with E-state index in [1.54, 1.807) is 24.3 Å². The van der Waals surface area contributed by atoms with Gasteiger partial charge in [0, 0.05) is 6.42 Å². The van der Waals surface area contributed by atoms with Crippen molar-refractivity contribution in [1.82, 2.24) is 0 Å². The molecule has 16 heavy (non-hydrogen) atoms. The molecule has 0 radical (unpaired) electrons. The summed E-state index contributed by atoms with van der Waals surface area (Å²) >= 11 is 0. The fourth-order valence-electron chi connectivity index (χ4n) is 1.87. The highest BCUT2D eigenvalue weighted by Gasteiger charge is 2.79. The maximum absolute atomic E-state index is 8.96. The molecule has 6 nitrogen and oxygen atoms in total. The highest BCUT2D eigenvalue weighted by Crippen LogP contribution is 2.66. The number of hydrogen-bond acceptors (Lipinski definition) is 6. The van der Waals surface area contributed by atoms with Crippen LogP contribution in [0.2, 0.25) is 0 Å². The molecular formula is C10H2N6. The lowest BCUT2D eigenvalue weighted by Gasteiger charge is -2.50. The van der Waals surface area contributed by atoms with Crippen LogP contribution >= 0.6 is 0 Å². The van der Waals surface area contributed by atoms with E-state index in [0.717, 1.165) is 0 Å². The standard InChI is InChI=1S/C10H2N6/c11-2-8(3-12)1-9(4-13,5-14)10(8,6-15)7-16/h1H2. The van der Waals surface area contributed by atoms with Crippen LogP contribution in [0.25, 0.3) is 0 Å². The normalized spacial score (nSPS) is 21.4. The lowest BCUT2D eigenvalue weighted by atomic mass is 9.39. The third-order valence-electron chi connectivity index (χ3n) is 2.91. The summed E-state index contributed by atoms with van der Waals surface area (Å²) in [5.41, 5.74) is -6.00. The molecule has 0 atom stereocenters. The zero-order chi connectivity index (χ0) is 12.4. The molecule has 0 spiro atoms. The maximum Gasteiger partial charge on any atom is 0.207 e. The molecule has 1 fully saturated rings. The Morgan fingerprint density at radius 1 is 0.562 bits per heavy atom. The minimum absolute atomic E-state index is 0.402. The topological polar surface area (TPSA) is 143 Å². The summed E-state index contributed by atoms with van der Waals surface area (Å²) in [4.78, 5) is 0. The number of hydrogen-bond donors (Lipinski definition) is 0.